The maximum absolute atomic E-state index is 12.7. The summed E-state index contributed by atoms with van der Waals surface area (Å²) in [7, 11) is 0. The Kier molecular flexibility index (Phi) is 4.71. The standard InChI is InChI=1S/C17H15ClN2O3S/c1-2-10-8-20(17(22)11-3-5-13(18)6-4-11)9-12-7-14(16(21)19-23)24-15(10)12/h2-7,23H,8-9H2,1H3,(H,19,21)/b10-2-. The van der Waals surface area contributed by atoms with E-state index in [1.807, 2.05) is 13.0 Å². The summed E-state index contributed by atoms with van der Waals surface area (Å²) < 4.78 is 0. The zero-order chi connectivity index (χ0) is 17.3. The molecule has 0 atom stereocenters. The second kappa shape index (κ2) is 6.76. The second-order valence-corrected chi connectivity index (χ2v) is 6.88. The average molecular weight is 363 g/mol. The maximum atomic E-state index is 12.7. The molecule has 0 fully saturated rings. The fourth-order valence-corrected chi connectivity index (χ4v) is 3.92. The summed E-state index contributed by atoms with van der Waals surface area (Å²) in [6.45, 7) is 2.80. The summed E-state index contributed by atoms with van der Waals surface area (Å²) in [5.41, 5.74) is 4.11. The molecule has 5 nitrogen and oxygen atoms in total. The van der Waals surface area contributed by atoms with Gasteiger partial charge in [0.15, 0.2) is 0 Å². The van der Waals surface area contributed by atoms with Gasteiger partial charge in [0.25, 0.3) is 11.8 Å². The number of halogens is 1. The molecule has 2 N–H and O–H groups in total. The number of benzene rings is 1. The molecule has 0 unspecified atom stereocenters. The number of nitrogens with one attached hydrogen (secondary N) is 1. The van der Waals surface area contributed by atoms with E-state index in [1.165, 1.54) is 11.3 Å². The summed E-state index contributed by atoms with van der Waals surface area (Å²) in [4.78, 5) is 27.5. The first kappa shape index (κ1) is 16.7. The van der Waals surface area contributed by atoms with Crippen molar-refractivity contribution in [3.05, 3.63) is 62.3 Å². The quantitative estimate of drug-likeness (QED) is 0.633. The Labute approximate surface area is 148 Å². The van der Waals surface area contributed by atoms with Gasteiger partial charge < -0.3 is 4.90 Å². The number of amides is 2. The van der Waals surface area contributed by atoms with Gasteiger partial charge in [-0.05, 0) is 48.4 Å². The number of hydrogen-bond donors (Lipinski definition) is 2. The maximum Gasteiger partial charge on any atom is 0.284 e. The number of carbonyl (C=O) groups excluding carboxylic acids is 2. The third kappa shape index (κ3) is 3.08. The molecule has 0 radical (unpaired) electrons. The van der Waals surface area contributed by atoms with Gasteiger partial charge in [-0.25, -0.2) is 5.48 Å². The minimum atomic E-state index is -0.541. The molecule has 1 aliphatic rings. The summed E-state index contributed by atoms with van der Waals surface area (Å²) in [5.74, 6) is -0.628. The molecule has 2 heterocycles. The van der Waals surface area contributed by atoms with E-state index in [1.54, 1.807) is 40.7 Å². The third-order valence-corrected chi connectivity index (χ3v) is 5.38. The first-order valence-corrected chi connectivity index (χ1v) is 8.50. The number of hydroxylamine groups is 1. The summed E-state index contributed by atoms with van der Waals surface area (Å²) in [6, 6.07) is 8.50. The Bertz CT molecular complexity index is 827. The van der Waals surface area contributed by atoms with Gasteiger partial charge in [-0.2, -0.15) is 0 Å². The van der Waals surface area contributed by atoms with Crippen LogP contribution < -0.4 is 5.48 Å². The molecule has 2 aromatic rings. The lowest BCUT2D eigenvalue weighted by Gasteiger charge is -2.29. The van der Waals surface area contributed by atoms with Crippen LogP contribution in [0.15, 0.2) is 36.4 Å². The number of rotatable bonds is 2. The molecule has 0 spiro atoms. The fraction of sp³-hybridized carbons (Fsp3) is 0.176. The van der Waals surface area contributed by atoms with E-state index in [4.69, 9.17) is 16.8 Å². The van der Waals surface area contributed by atoms with E-state index in [-0.39, 0.29) is 5.91 Å². The van der Waals surface area contributed by atoms with Gasteiger partial charge in [0.1, 0.15) is 0 Å². The Hall–Kier alpha value is -2.15. The highest BCUT2D eigenvalue weighted by Gasteiger charge is 2.27. The lowest BCUT2D eigenvalue weighted by molar-refractivity contribution is 0.0711. The summed E-state index contributed by atoms with van der Waals surface area (Å²) in [6.07, 6.45) is 1.94. The Morgan fingerprint density at radius 2 is 2.00 bits per heavy atom. The first-order valence-electron chi connectivity index (χ1n) is 7.31. The van der Waals surface area contributed by atoms with Gasteiger partial charge in [0, 0.05) is 28.6 Å². The highest BCUT2D eigenvalue weighted by atomic mass is 35.5. The number of thiophene rings is 1. The van der Waals surface area contributed by atoms with Gasteiger partial charge in [-0.3, -0.25) is 14.8 Å². The molecule has 1 aliphatic heterocycles. The molecule has 24 heavy (non-hydrogen) atoms. The Balaban J connectivity index is 1.91. The van der Waals surface area contributed by atoms with Crippen molar-refractivity contribution in [1.29, 1.82) is 0 Å². The minimum Gasteiger partial charge on any atom is -0.330 e. The Morgan fingerprint density at radius 1 is 1.29 bits per heavy atom. The van der Waals surface area contributed by atoms with Crippen LogP contribution >= 0.6 is 22.9 Å². The van der Waals surface area contributed by atoms with Crippen molar-refractivity contribution in [2.75, 3.05) is 6.54 Å². The largest absolute Gasteiger partial charge is 0.330 e. The van der Waals surface area contributed by atoms with E-state index in [9.17, 15) is 9.59 Å². The SMILES string of the molecule is C/C=C1/CN(C(=O)c2ccc(Cl)cc2)Cc2cc(C(=O)NO)sc21. The molecule has 1 aromatic heterocycles. The van der Waals surface area contributed by atoms with E-state index in [2.05, 4.69) is 0 Å². The number of nitrogens with zero attached hydrogens (tertiary/aromatic N) is 1. The monoisotopic (exact) mass is 362 g/mol. The molecule has 3 rings (SSSR count). The smallest absolute Gasteiger partial charge is 0.284 e. The van der Waals surface area contributed by atoms with Crippen molar-refractivity contribution in [2.24, 2.45) is 0 Å². The van der Waals surface area contributed by atoms with Crippen molar-refractivity contribution in [3.63, 3.8) is 0 Å². The molecule has 0 aliphatic carbocycles. The average Bonchev–Trinajstić information content (AvgIpc) is 3.04. The van der Waals surface area contributed by atoms with Crippen LogP contribution in [0.1, 0.15) is 37.4 Å². The predicted octanol–water partition coefficient (Wildman–Crippen LogP) is 3.58. The van der Waals surface area contributed by atoms with Gasteiger partial charge in [-0.15, -0.1) is 11.3 Å². The van der Waals surface area contributed by atoms with Crippen LogP contribution in [0.5, 0.6) is 0 Å². The molecule has 0 saturated heterocycles. The number of carbonyl (C=O) groups is 2. The highest BCUT2D eigenvalue weighted by molar-refractivity contribution is 7.15. The second-order valence-electron chi connectivity index (χ2n) is 5.39. The van der Waals surface area contributed by atoms with Crippen molar-refractivity contribution in [1.82, 2.24) is 10.4 Å². The van der Waals surface area contributed by atoms with Crippen molar-refractivity contribution < 1.29 is 14.8 Å². The van der Waals surface area contributed by atoms with Crippen molar-refractivity contribution in [3.8, 4) is 0 Å². The molecule has 124 valence electrons. The van der Waals surface area contributed by atoms with Crippen LogP contribution in [0, 0.1) is 0 Å². The van der Waals surface area contributed by atoms with E-state index in [0.717, 1.165) is 16.0 Å². The van der Waals surface area contributed by atoms with Gasteiger partial charge in [-0.1, -0.05) is 17.7 Å². The molecule has 0 bridgehead atoms. The molecule has 7 heteroatoms. The summed E-state index contributed by atoms with van der Waals surface area (Å²) >= 11 is 7.19. The topological polar surface area (TPSA) is 69.6 Å². The first-order chi connectivity index (χ1) is 11.5. The van der Waals surface area contributed by atoms with Crippen LogP contribution in [-0.2, 0) is 6.54 Å². The zero-order valence-electron chi connectivity index (χ0n) is 12.9. The lowest BCUT2D eigenvalue weighted by Crippen LogP contribution is -2.34. The fourth-order valence-electron chi connectivity index (χ4n) is 2.66. The number of hydrogen-bond acceptors (Lipinski definition) is 4. The highest BCUT2D eigenvalue weighted by Crippen LogP contribution is 2.35. The normalized spacial score (nSPS) is 15.3. The molecule has 0 saturated carbocycles. The molecular formula is C17H15ClN2O3S. The third-order valence-electron chi connectivity index (χ3n) is 3.88. The molecule has 1 aromatic carbocycles. The number of fused-ring (bicyclic) bond motifs is 1. The van der Waals surface area contributed by atoms with Crippen LogP contribution in [0.3, 0.4) is 0 Å². The van der Waals surface area contributed by atoms with E-state index < -0.39 is 5.91 Å². The van der Waals surface area contributed by atoms with E-state index in [0.29, 0.717) is 28.6 Å². The van der Waals surface area contributed by atoms with Crippen LogP contribution in [0.25, 0.3) is 5.57 Å². The minimum absolute atomic E-state index is 0.0870. The van der Waals surface area contributed by atoms with Gasteiger partial charge >= 0.3 is 0 Å². The number of allylic oxidation sites excluding steroid dienone is 1. The van der Waals surface area contributed by atoms with Gasteiger partial charge in [0.05, 0.1) is 4.88 Å². The van der Waals surface area contributed by atoms with Crippen LogP contribution in [0.4, 0.5) is 0 Å². The van der Waals surface area contributed by atoms with Crippen molar-refractivity contribution in [2.45, 2.75) is 13.5 Å². The van der Waals surface area contributed by atoms with Crippen molar-refractivity contribution >= 4 is 40.3 Å². The predicted molar refractivity (Wildman–Crippen MR) is 93.4 cm³/mol. The summed E-state index contributed by atoms with van der Waals surface area (Å²) in [5, 5.41) is 9.38. The molecular weight excluding hydrogens is 348 g/mol. The Morgan fingerprint density at radius 3 is 2.62 bits per heavy atom. The molecule has 2 amide bonds. The van der Waals surface area contributed by atoms with Crippen LogP contribution in [0.2, 0.25) is 5.02 Å². The van der Waals surface area contributed by atoms with Crippen LogP contribution in [-0.4, -0.2) is 28.5 Å². The lowest BCUT2D eigenvalue weighted by atomic mass is 10.0. The zero-order valence-corrected chi connectivity index (χ0v) is 14.4. The van der Waals surface area contributed by atoms with Gasteiger partial charge in [0.2, 0.25) is 0 Å². The van der Waals surface area contributed by atoms with E-state index >= 15 is 0 Å².